The van der Waals surface area contributed by atoms with Crippen LogP contribution in [0.3, 0.4) is 0 Å². The van der Waals surface area contributed by atoms with Crippen LogP contribution < -0.4 is 5.32 Å². The van der Waals surface area contributed by atoms with Crippen molar-refractivity contribution in [2.45, 2.75) is 0 Å². The molecule has 2 rings (SSSR count). The van der Waals surface area contributed by atoms with E-state index in [-0.39, 0.29) is 5.78 Å². The molecule has 0 aromatic heterocycles. The maximum Gasteiger partial charge on any atom is 0.187 e. The molecule has 0 saturated carbocycles. The third kappa shape index (κ3) is 4.23. The summed E-state index contributed by atoms with van der Waals surface area (Å²) < 4.78 is 0.951. The highest BCUT2D eigenvalue weighted by Crippen LogP contribution is 2.14. The zero-order chi connectivity index (χ0) is 13.7. The fraction of sp³-hybridized carbons (Fsp3) is 0. The highest BCUT2D eigenvalue weighted by molar-refractivity contribution is 9.10. The van der Waals surface area contributed by atoms with Gasteiger partial charge in [-0.1, -0.05) is 27.5 Å². The second-order valence-electron chi connectivity index (χ2n) is 3.86. The molecule has 0 amide bonds. The lowest BCUT2D eigenvalue weighted by Crippen LogP contribution is -1.95. The monoisotopic (exact) mass is 335 g/mol. The summed E-state index contributed by atoms with van der Waals surface area (Å²) in [6.07, 6.45) is 3.12. The third-order valence-electron chi connectivity index (χ3n) is 2.46. The van der Waals surface area contributed by atoms with Crippen molar-refractivity contribution in [2.24, 2.45) is 0 Å². The number of carbonyl (C=O) groups is 1. The lowest BCUT2D eigenvalue weighted by molar-refractivity contribution is 0.104. The molecule has 0 heterocycles. The van der Waals surface area contributed by atoms with Gasteiger partial charge in [-0.3, -0.25) is 4.79 Å². The van der Waals surface area contributed by atoms with E-state index in [4.69, 9.17) is 11.6 Å². The van der Waals surface area contributed by atoms with Crippen molar-refractivity contribution >= 4 is 39.0 Å². The van der Waals surface area contributed by atoms with E-state index in [1.807, 2.05) is 24.3 Å². The van der Waals surface area contributed by atoms with Gasteiger partial charge in [-0.25, -0.2) is 0 Å². The first-order valence-corrected chi connectivity index (χ1v) is 6.81. The van der Waals surface area contributed by atoms with E-state index >= 15 is 0 Å². The number of carbonyl (C=O) groups excluding carboxylic acids is 1. The number of ketones is 1. The second-order valence-corrected chi connectivity index (χ2v) is 5.21. The van der Waals surface area contributed by atoms with Crippen LogP contribution in [0.25, 0.3) is 0 Å². The minimum Gasteiger partial charge on any atom is -0.362 e. The van der Waals surface area contributed by atoms with Crippen molar-refractivity contribution in [3.63, 3.8) is 0 Å². The Morgan fingerprint density at radius 3 is 2.32 bits per heavy atom. The van der Waals surface area contributed by atoms with Crippen LogP contribution in [0.15, 0.2) is 65.3 Å². The van der Waals surface area contributed by atoms with Crippen LogP contribution in [-0.2, 0) is 0 Å². The van der Waals surface area contributed by atoms with Crippen molar-refractivity contribution in [3.05, 3.63) is 75.9 Å². The first-order valence-electron chi connectivity index (χ1n) is 5.64. The van der Waals surface area contributed by atoms with Gasteiger partial charge in [0.25, 0.3) is 0 Å². The molecule has 0 aliphatic heterocycles. The molecule has 0 radical (unpaired) electrons. The van der Waals surface area contributed by atoms with Crippen LogP contribution in [0.5, 0.6) is 0 Å². The Morgan fingerprint density at radius 2 is 1.68 bits per heavy atom. The molecule has 0 unspecified atom stereocenters. The zero-order valence-corrected chi connectivity index (χ0v) is 12.3. The van der Waals surface area contributed by atoms with Gasteiger partial charge in [0.1, 0.15) is 0 Å². The summed E-state index contributed by atoms with van der Waals surface area (Å²) in [6, 6.07) is 14.5. The van der Waals surface area contributed by atoms with Gasteiger partial charge in [-0.2, -0.15) is 0 Å². The number of anilines is 1. The van der Waals surface area contributed by atoms with Crippen LogP contribution in [0.4, 0.5) is 5.69 Å². The van der Waals surface area contributed by atoms with Crippen LogP contribution in [0.1, 0.15) is 10.4 Å². The van der Waals surface area contributed by atoms with E-state index < -0.39 is 0 Å². The van der Waals surface area contributed by atoms with Gasteiger partial charge in [0.05, 0.1) is 0 Å². The van der Waals surface area contributed by atoms with Crippen molar-refractivity contribution in [1.29, 1.82) is 0 Å². The number of allylic oxidation sites excluding steroid dienone is 1. The Labute approximate surface area is 125 Å². The Bertz CT molecular complexity index is 591. The molecule has 0 spiro atoms. The zero-order valence-electron chi connectivity index (χ0n) is 9.94. The number of benzene rings is 2. The van der Waals surface area contributed by atoms with Gasteiger partial charge < -0.3 is 5.32 Å². The Balaban J connectivity index is 1.97. The smallest absolute Gasteiger partial charge is 0.187 e. The predicted octanol–water partition coefficient (Wildman–Crippen LogP) is 4.91. The van der Waals surface area contributed by atoms with E-state index in [0.29, 0.717) is 10.6 Å². The standard InChI is InChI=1S/C15H11BrClNO/c16-12-3-1-11(2-4-12)15(19)9-10-18-14-7-5-13(17)6-8-14/h1-10,18H/b10-9+. The molecule has 2 nitrogen and oxygen atoms in total. The molecule has 0 aliphatic rings. The van der Waals surface area contributed by atoms with Gasteiger partial charge in [0.15, 0.2) is 5.78 Å². The van der Waals surface area contributed by atoms with Crippen molar-refractivity contribution in [1.82, 2.24) is 0 Å². The molecule has 19 heavy (non-hydrogen) atoms. The molecule has 0 atom stereocenters. The average molecular weight is 337 g/mol. The second kappa shape index (κ2) is 6.55. The molecule has 0 bridgehead atoms. The summed E-state index contributed by atoms with van der Waals surface area (Å²) >= 11 is 9.12. The summed E-state index contributed by atoms with van der Waals surface area (Å²) in [5.74, 6) is -0.0473. The molecule has 2 aromatic rings. The molecule has 0 fully saturated rings. The lowest BCUT2D eigenvalue weighted by atomic mass is 10.1. The maximum absolute atomic E-state index is 11.8. The average Bonchev–Trinajstić information content (AvgIpc) is 2.41. The number of nitrogens with one attached hydrogen (secondary N) is 1. The summed E-state index contributed by atoms with van der Waals surface area (Å²) in [6.45, 7) is 0. The molecule has 4 heteroatoms. The molecule has 1 N–H and O–H groups in total. The molecular formula is C15H11BrClNO. The van der Waals surface area contributed by atoms with Crippen molar-refractivity contribution < 1.29 is 4.79 Å². The maximum atomic E-state index is 11.8. The van der Waals surface area contributed by atoms with Crippen molar-refractivity contribution in [2.75, 3.05) is 5.32 Å². The van der Waals surface area contributed by atoms with E-state index in [1.165, 1.54) is 6.08 Å². The number of hydrogen-bond acceptors (Lipinski definition) is 2. The topological polar surface area (TPSA) is 29.1 Å². The number of rotatable bonds is 4. The summed E-state index contributed by atoms with van der Waals surface area (Å²) in [7, 11) is 0. The third-order valence-corrected chi connectivity index (χ3v) is 3.24. The Morgan fingerprint density at radius 1 is 1.05 bits per heavy atom. The highest BCUT2D eigenvalue weighted by atomic mass is 79.9. The van der Waals surface area contributed by atoms with E-state index in [2.05, 4.69) is 21.2 Å². The largest absolute Gasteiger partial charge is 0.362 e. The van der Waals surface area contributed by atoms with E-state index in [0.717, 1.165) is 10.2 Å². The minimum absolute atomic E-state index is 0.0473. The van der Waals surface area contributed by atoms with E-state index in [9.17, 15) is 4.79 Å². The fourth-order valence-electron chi connectivity index (χ4n) is 1.47. The van der Waals surface area contributed by atoms with Gasteiger partial charge in [0, 0.05) is 33.0 Å². The normalized spacial score (nSPS) is 10.6. The first-order chi connectivity index (χ1) is 9.15. The van der Waals surface area contributed by atoms with Crippen molar-refractivity contribution in [3.8, 4) is 0 Å². The lowest BCUT2D eigenvalue weighted by Gasteiger charge is -2.00. The minimum atomic E-state index is -0.0473. The summed E-state index contributed by atoms with van der Waals surface area (Å²) in [5.41, 5.74) is 1.53. The van der Waals surface area contributed by atoms with E-state index in [1.54, 1.807) is 30.5 Å². The quantitative estimate of drug-likeness (QED) is 0.635. The summed E-state index contributed by atoms with van der Waals surface area (Å²) in [4.78, 5) is 11.8. The summed E-state index contributed by atoms with van der Waals surface area (Å²) in [5, 5.41) is 3.70. The Kier molecular flexibility index (Phi) is 4.77. The SMILES string of the molecule is O=C(/C=C/Nc1ccc(Cl)cc1)c1ccc(Br)cc1. The first kappa shape index (κ1) is 13.8. The van der Waals surface area contributed by atoms with Gasteiger partial charge in [-0.15, -0.1) is 0 Å². The molecule has 2 aromatic carbocycles. The molecule has 0 aliphatic carbocycles. The molecular weight excluding hydrogens is 326 g/mol. The van der Waals surface area contributed by atoms with Gasteiger partial charge >= 0.3 is 0 Å². The highest BCUT2D eigenvalue weighted by Gasteiger charge is 2.00. The van der Waals surface area contributed by atoms with Crippen LogP contribution in [-0.4, -0.2) is 5.78 Å². The van der Waals surface area contributed by atoms with Crippen LogP contribution in [0.2, 0.25) is 5.02 Å². The van der Waals surface area contributed by atoms with Crippen LogP contribution in [0, 0.1) is 0 Å². The number of hydrogen-bond donors (Lipinski definition) is 1. The predicted molar refractivity (Wildman–Crippen MR) is 82.7 cm³/mol. The van der Waals surface area contributed by atoms with Gasteiger partial charge in [0.2, 0.25) is 0 Å². The molecule has 0 saturated heterocycles. The number of halogens is 2. The fourth-order valence-corrected chi connectivity index (χ4v) is 1.86. The Hall–Kier alpha value is -1.58. The molecule has 96 valence electrons. The van der Waals surface area contributed by atoms with Gasteiger partial charge in [-0.05, 0) is 48.5 Å². The van der Waals surface area contributed by atoms with Crippen LogP contribution >= 0.6 is 27.5 Å².